The average molecular weight is 425 g/mol. The van der Waals surface area contributed by atoms with Crippen molar-refractivity contribution >= 4 is 11.6 Å². The van der Waals surface area contributed by atoms with Gasteiger partial charge in [0.05, 0.1) is 31.7 Å². The first-order valence-corrected chi connectivity index (χ1v) is 10.6. The van der Waals surface area contributed by atoms with Crippen LogP contribution < -0.4 is 4.74 Å². The Morgan fingerprint density at radius 3 is 2.40 bits per heavy atom. The van der Waals surface area contributed by atoms with Crippen LogP contribution in [0.15, 0.2) is 48.5 Å². The van der Waals surface area contributed by atoms with Gasteiger partial charge in [-0.3, -0.25) is 0 Å². The molecule has 6 heteroatoms. The van der Waals surface area contributed by atoms with Gasteiger partial charge >= 0.3 is 0 Å². The maximum atomic E-state index is 6.27. The number of hydrogen-bond donors (Lipinski definition) is 0. The molecule has 1 aliphatic heterocycles. The highest BCUT2D eigenvalue weighted by atomic mass is 35.5. The lowest BCUT2D eigenvalue weighted by Gasteiger charge is -2.41. The lowest BCUT2D eigenvalue weighted by Crippen LogP contribution is -2.48. The van der Waals surface area contributed by atoms with Crippen molar-refractivity contribution in [2.24, 2.45) is 5.41 Å². The Hall–Kier alpha value is -2.34. The number of fused-ring (bicyclic) bond motifs is 1. The van der Waals surface area contributed by atoms with Crippen LogP contribution in [0.3, 0.4) is 0 Å². The van der Waals surface area contributed by atoms with Gasteiger partial charge in [-0.2, -0.15) is 5.10 Å². The van der Waals surface area contributed by atoms with Gasteiger partial charge in [0.15, 0.2) is 5.79 Å². The van der Waals surface area contributed by atoms with Crippen molar-refractivity contribution in [2.45, 2.75) is 32.5 Å². The molecule has 0 unspecified atom stereocenters. The van der Waals surface area contributed by atoms with E-state index in [9.17, 15) is 0 Å². The number of benzene rings is 2. The molecule has 1 aromatic heterocycles. The lowest BCUT2D eigenvalue weighted by atomic mass is 9.94. The molecule has 1 spiro atoms. The molecule has 30 heavy (non-hydrogen) atoms. The van der Waals surface area contributed by atoms with Gasteiger partial charge in [0.25, 0.3) is 0 Å². The molecule has 2 aliphatic rings. The van der Waals surface area contributed by atoms with Crippen LogP contribution in [0.4, 0.5) is 0 Å². The average Bonchev–Trinajstić information content (AvgIpc) is 3.26. The van der Waals surface area contributed by atoms with Crippen molar-refractivity contribution < 1.29 is 14.2 Å². The van der Waals surface area contributed by atoms with Crippen LogP contribution in [-0.2, 0) is 22.3 Å². The topological polar surface area (TPSA) is 45.5 Å². The fourth-order valence-electron chi connectivity index (χ4n) is 4.23. The van der Waals surface area contributed by atoms with Crippen molar-refractivity contribution in [2.75, 3.05) is 20.3 Å². The Bertz CT molecular complexity index is 1080. The van der Waals surface area contributed by atoms with Crippen LogP contribution in [0.5, 0.6) is 5.75 Å². The minimum atomic E-state index is -0.617. The molecule has 0 atom stereocenters. The minimum Gasteiger partial charge on any atom is -0.494 e. The third-order valence-electron chi connectivity index (χ3n) is 5.83. The van der Waals surface area contributed by atoms with E-state index in [1.165, 1.54) is 0 Å². The van der Waals surface area contributed by atoms with E-state index >= 15 is 0 Å². The van der Waals surface area contributed by atoms with Gasteiger partial charge in [-0.05, 0) is 24.3 Å². The number of nitrogens with zero attached hydrogens (tertiary/aromatic N) is 2. The van der Waals surface area contributed by atoms with Gasteiger partial charge in [-0.25, -0.2) is 4.68 Å². The zero-order valence-corrected chi connectivity index (χ0v) is 18.2. The first kappa shape index (κ1) is 19.6. The van der Waals surface area contributed by atoms with Gasteiger partial charge < -0.3 is 14.2 Å². The van der Waals surface area contributed by atoms with Crippen LogP contribution in [0, 0.1) is 5.41 Å². The maximum Gasteiger partial charge on any atom is 0.178 e. The molecule has 1 saturated heterocycles. The molecule has 0 radical (unpaired) electrons. The number of rotatable bonds is 3. The molecule has 5 rings (SSSR count). The number of halogens is 1. The van der Waals surface area contributed by atoms with Gasteiger partial charge in [0.2, 0.25) is 0 Å². The van der Waals surface area contributed by atoms with E-state index in [1.54, 1.807) is 7.11 Å². The molecule has 0 amide bonds. The quantitative estimate of drug-likeness (QED) is 0.589. The summed E-state index contributed by atoms with van der Waals surface area (Å²) in [7, 11) is 1.68. The third-order valence-corrected chi connectivity index (χ3v) is 6.08. The van der Waals surface area contributed by atoms with E-state index in [2.05, 4.69) is 13.8 Å². The molecule has 1 fully saturated rings. The van der Waals surface area contributed by atoms with Crippen LogP contribution in [-0.4, -0.2) is 35.9 Å². The highest BCUT2D eigenvalue weighted by Crippen LogP contribution is 2.44. The van der Waals surface area contributed by atoms with E-state index in [-0.39, 0.29) is 5.41 Å². The number of aromatic nitrogens is 2. The van der Waals surface area contributed by atoms with Crippen molar-refractivity contribution in [1.82, 2.24) is 9.78 Å². The van der Waals surface area contributed by atoms with E-state index in [0.29, 0.717) is 31.1 Å². The van der Waals surface area contributed by atoms with Crippen molar-refractivity contribution in [1.29, 1.82) is 0 Å². The zero-order valence-electron chi connectivity index (χ0n) is 17.4. The van der Waals surface area contributed by atoms with Crippen molar-refractivity contribution in [3.8, 4) is 22.7 Å². The summed E-state index contributed by atoms with van der Waals surface area (Å²) in [5, 5.41) is 5.70. The van der Waals surface area contributed by atoms with Crippen molar-refractivity contribution in [3.63, 3.8) is 0 Å². The standard InChI is InChI=1S/C24H25ClN2O3/c1-23(2)14-29-24(30-15-23)12-18-19(13-24)26-27(20-6-4-5-7-21(20)28-3)22(18)16-8-10-17(25)11-9-16/h4-11H,12-15H2,1-3H3. The smallest absolute Gasteiger partial charge is 0.178 e. The summed E-state index contributed by atoms with van der Waals surface area (Å²) in [6.07, 6.45) is 1.31. The van der Waals surface area contributed by atoms with E-state index < -0.39 is 5.79 Å². The summed E-state index contributed by atoms with van der Waals surface area (Å²) in [5.74, 6) is 0.157. The van der Waals surface area contributed by atoms with Gasteiger partial charge in [-0.1, -0.05) is 49.7 Å². The molecule has 0 bridgehead atoms. The Morgan fingerprint density at radius 1 is 1.00 bits per heavy atom. The first-order valence-electron chi connectivity index (χ1n) is 10.2. The fraction of sp³-hybridized carbons (Fsp3) is 0.375. The summed E-state index contributed by atoms with van der Waals surface area (Å²) in [6, 6.07) is 15.8. The predicted octanol–water partition coefficient (Wildman–Crippen LogP) is 5.07. The summed E-state index contributed by atoms with van der Waals surface area (Å²) in [4.78, 5) is 0. The molecular formula is C24H25ClN2O3. The monoisotopic (exact) mass is 424 g/mol. The Morgan fingerprint density at radius 2 is 1.70 bits per heavy atom. The SMILES string of the molecule is COc1ccccc1-n1nc2c(c1-c1ccc(Cl)cc1)CC1(C2)OCC(C)(C)CO1. The first-order chi connectivity index (χ1) is 14.4. The predicted molar refractivity (Wildman–Crippen MR) is 116 cm³/mol. The lowest BCUT2D eigenvalue weighted by molar-refractivity contribution is -0.293. The number of methoxy groups -OCH3 is 1. The second-order valence-corrected chi connectivity index (χ2v) is 9.31. The molecule has 156 valence electrons. The molecule has 0 saturated carbocycles. The molecule has 2 heterocycles. The molecule has 0 N–H and O–H groups in total. The molecule has 3 aromatic rings. The molecule has 2 aromatic carbocycles. The van der Waals surface area contributed by atoms with Gasteiger partial charge in [0, 0.05) is 34.4 Å². The Kier molecular flexibility index (Phi) is 4.65. The van der Waals surface area contributed by atoms with Crippen LogP contribution >= 0.6 is 11.6 Å². The normalized spacial score (nSPS) is 19.1. The number of para-hydroxylation sites is 2. The third kappa shape index (κ3) is 3.31. The largest absolute Gasteiger partial charge is 0.494 e. The fourth-order valence-corrected chi connectivity index (χ4v) is 4.36. The van der Waals surface area contributed by atoms with Crippen LogP contribution in [0.25, 0.3) is 16.9 Å². The maximum absolute atomic E-state index is 6.27. The highest BCUT2D eigenvalue weighted by Gasteiger charge is 2.48. The highest BCUT2D eigenvalue weighted by molar-refractivity contribution is 6.30. The van der Waals surface area contributed by atoms with E-state index in [1.807, 2.05) is 53.2 Å². The van der Waals surface area contributed by atoms with Crippen molar-refractivity contribution in [3.05, 3.63) is 64.8 Å². The zero-order chi connectivity index (χ0) is 20.9. The summed E-state index contributed by atoms with van der Waals surface area (Å²) >= 11 is 6.16. The van der Waals surface area contributed by atoms with Gasteiger partial charge in [-0.15, -0.1) is 0 Å². The Labute approximate surface area is 181 Å². The molecular weight excluding hydrogens is 400 g/mol. The number of ether oxygens (including phenoxy) is 3. The summed E-state index contributed by atoms with van der Waals surface area (Å²) < 4.78 is 20.1. The summed E-state index contributed by atoms with van der Waals surface area (Å²) in [6.45, 7) is 5.68. The van der Waals surface area contributed by atoms with Gasteiger partial charge in [0.1, 0.15) is 11.4 Å². The number of hydrogen-bond acceptors (Lipinski definition) is 4. The second kappa shape index (κ2) is 7.12. The molecule has 1 aliphatic carbocycles. The van der Waals surface area contributed by atoms with Crippen LogP contribution in [0.1, 0.15) is 25.1 Å². The molecule has 5 nitrogen and oxygen atoms in total. The van der Waals surface area contributed by atoms with E-state index in [4.69, 9.17) is 30.9 Å². The Balaban J connectivity index is 1.62. The second-order valence-electron chi connectivity index (χ2n) is 8.87. The summed E-state index contributed by atoms with van der Waals surface area (Å²) in [5.41, 5.74) is 5.17. The minimum absolute atomic E-state index is 0.0294. The van der Waals surface area contributed by atoms with Crippen LogP contribution in [0.2, 0.25) is 5.02 Å². The van der Waals surface area contributed by atoms with E-state index in [0.717, 1.165) is 34.0 Å².